The Morgan fingerprint density at radius 1 is 1.07 bits per heavy atom. The second-order valence-electron chi connectivity index (χ2n) is 7.77. The third kappa shape index (κ3) is 8.85. The number of unbranched alkanes of at least 4 members (excludes halogenated alkanes) is 2. The number of rotatable bonds is 10. The van der Waals surface area contributed by atoms with Crippen LogP contribution in [0.3, 0.4) is 0 Å². The average molecular weight is 408 g/mol. The average Bonchev–Trinajstić information content (AvgIpc) is 2.61. The lowest BCUT2D eigenvalue weighted by Crippen LogP contribution is -2.33. The van der Waals surface area contributed by atoms with Crippen LogP contribution in [0.5, 0.6) is 5.75 Å². The standard InChI is InChI=1S/C21H32N2O6/c1-5-14-10-11-15(19(26)27)18(25)16(14)13-23-17(24)9-7-6-8-12-22-20(28)29-21(2,3)4/h10-11,25H,5-9,12-13H2,1-4H3,(H,22,28)(H,23,24)(H,26,27). The van der Waals surface area contributed by atoms with Crippen LogP contribution < -0.4 is 10.6 Å². The van der Waals surface area contributed by atoms with E-state index in [4.69, 9.17) is 9.84 Å². The fourth-order valence-corrected chi connectivity index (χ4v) is 2.75. The van der Waals surface area contributed by atoms with Gasteiger partial charge in [-0.15, -0.1) is 0 Å². The summed E-state index contributed by atoms with van der Waals surface area (Å²) >= 11 is 0. The van der Waals surface area contributed by atoms with E-state index in [2.05, 4.69) is 10.6 Å². The lowest BCUT2D eigenvalue weighted by molar-refractivity contribution is -0.121. The minimum absolute atomic E-state index is 0.0785. The van der Waals surface area contributed by atoms with Crippen LogP contribution in [0.15, 0.2) is 12.1 Å². The largest absolute Gasteiger partial charge is 0.507 e. The van der Waals surface area contributed by atoms with Crippen LogP contribution in [0.25, 0.3) is 0 Å². The van der Waals surface area contributed by atoms with Gasteiger partial charge in [0.2, 0.25) is 5.91 Å². The minimum atomic E-state index is -1.21. The molecular formula is C21H32N2O6. The number of amides is 2. The van der Waals surface area contributed by atoms with Gasteiger partial charge in [-0.25, -0.2) is 9.59 Å². The molecule has 0 saturated carbocycles. The van der Waals surface area contributed by atoms with E-state index in [1.165, 1.54) is 6.07 Å². The number of nitrogens with one attached hydrogen (secondary N) is 2. The minimum Gasteiger partial charge on any atom is -0.507 e. The number of carbonyl (C=O) groups is 3. The Morgan fingerprint density at radius 3 is 2.34 bits per heavy atom. The second-order valence-corrected chi connectivity index (χ2v) is 7.77. The Labute approximate surface area is 171 Å². The lowest BCUT2D eigenvalue weighted by Gasteiger charge is -2.19. The molecular weight excluding hydrogens is 376 g/mol. The summed E-state index contributed by atoms with van der Waals surface area (Å²) in [6.07, 6.45) is 2.63. The number of aromatic carboxylic acids is 1. The van der Waals surface area contributed by atoms with Gasteiger partial charge in [-0.1, -0.05) is 19.4 Å². The van der Waals surface area contributed by atoms with Crippen molar-refractivity contribution in [2.75, 3.05) is 6.54 Å². The fourth-order valence-electron chi connectivity index (χ4n) is 2.75. The highest BCUT2D eigenvalue weighted by Crippen LogP contribution is 2.26. The van der Waals surface area contributed by atoms with Gasteiger partial charge >= 0.3 is 12.1 Å². The van der Waals surface area contributed by atoms with Gasteiger partial charge in [0.25, 0.3) is 0 Å². The number of hydrogen-bond donors (Lipinski definition) is 4. The highest BCUT2D eigenvalue weighted by molar-refractivity contribution is 5.91. The number of carbonyl (C=O) groups excluding carboxylic acids is 2. The van der Waals surface area contributed by atoms with Crippen molar-refractivity contribution in [2.45, 2.75) is 71.9 Å². The summed E-state index contributed by atoms with van der Waals surface area (Å²) in [6.45, 7) is 7.85. The van der Waals surface area contributed by atoms with Crippen molar-refractivity contribution in [2.24, 2.45) is 0 Å². The van der Waals surface area contributed by atoms with Crippen molar-refractivity contribution >= 4 is 18.0 Å². The SMILES string of the molecule is CCc1ccc(C(=O)O)c(O)c1CNC(=O)CCCCCNC(=O)OC(C)(C)C. The van der Waals surface area contributed by atoms with E-state index in [-0.39, 0.29) is 23.8 Å². The monoisotopic (exact) mass is 408 g/mol. The predicted octanol–water partition coefficient (Wildman–Crippen LogP) is 3.35. The van der Waals surface area contributed by atoms with Gasteiger partial charge < -0.3 is 25.6 Å². The summed E-state index contributed by atoms with van der Waals surface area (Å²) in [5, 5.41) is 24.7. The third-order valence-electron chi connectivity index (χ3n) is 4.20. The maximum atomic E-state index is 12.0. The predicted molar refractivity (Wildman–Crippen MR) is 109 cm³/mol. The summed E-state index contributed by atoms with van der Waals surface area (Å²) in [5.74, 6) is -1.68. The van der Waals surface area contributed by atoms with Gasteiger partial charge in [0.15, 0.2) is 0 Å². The summed E-state index contributed by atoms with van der Waals surface area (Å²) in [7, 11) is 0. The lowest BCUT2D eigenvalue weighted by atomic mass is 10.00. The molecule has 0 aliphatic heterocycles. The zero-order valence-corrected chi connectivity index (χ0v) is 17.6. The first kappa shape index (κ1) is 24.3. The molecule has 0 aliphatic carbocycles. The fraction of sp³-hybridized carbons (Fsp3) is 0.571. The number of carboxylic acid groups (broad SMARTS) is 1. The molecule has 0 heterocycles. The van der Waals surface area contributed by atoms with Crippen molar-refractivity contribution < 1.29 is 29.3 Å². The Balaban J connectivity index is 2.36. The zero-order valence-electron chi connectivity index (χ0n) is 17.6. The van der Waals surface area contributed by atoms with E-state index in [9.17, 15) is 19.5 Å². The number of hydrogen-bond acceptors (Lipinski definition) is 5. The van der Waals surface area contributed by atoms with Crippen LogP contribution >= 0.6 is 0 Å². The molecule has 4 N–H and O–H groups in total. The molecule has 1 rings (SSSR count). The molecule has 162 valence electrons. The van der Waals surface area contributed by atoms with Crippen molar-refractivity contribution in [3.8, 4) is 5.75 Å². The molecule has 0 atom stereocenters. The molecule has 0 saturated heterocycles. The summed E-state index contributed by atoms with van der Waals surface area (Å²) < 4.78 is 5.14. The normalized spacial score (nSPS) is 11.0. The van der Waals surface area contributed by atoms with Crippen molar-refractivity contribution in [3.63, 3.8) is 0 Å². The number of ether oxygens (including phenoxy) is 1. The maximum absolute atomic E-state index is 12.0. The molecule has 0 aromatic heterocycles. The van der Waals surface area contributed by atoms with E-state index in [1.54, 1.807) is 26.8 Å². The van der Waals surface area contributed by atoms with Crippen LogP contribution in [0.4, 0.5) is 4.79 Å². The van der Waals surface area contributed by atoms with Crippen LogP contribution in [-0.4, -0.2) is 40.3 Å². The molecule has 8 heteroatoms. The van der Waals surface area contributed by atoms with Crippen molar-refractivity contribution in [3.05, 3.63) is 28.8 Å². The smallest absolute Gasteiger partial charge is 0.407 e. The van der Waals surface area contributed by atoms with Crippen molar-refractivity contribution in [1.82, 2.24) is 10.6 Å². The quantitative estimate of drug-likeness (QED) is 0.440. The molecule has 2 amide bonds. The molecule has 29 heavy (non-hydrogen) atoms. The van der Waals surface area contributed by atoms with Gasteiger partial charge in [0, 0.05) is 25.1 Å². The first-order valence-electron chi connectivity index (χ1n) is 9.85. The number of phenols is 1. The molecule has 0 radical (unpaired) electrons. The van der Waals surface area contributed by atoms with Gasteiger partial charge in [0.1, 0.15) is 16.9 Å². The zero-order chi connectivity index (χ0) is 22.0. The molecule has 0 aliphatic rings. The first-order chi connectivity index (χ1) is 13.5. The maximum Gasteiger partial charge on any atom is 0.407 e. The molecule has 0 spiro atoms. The summed E-state index contributed by atoms with van der Waals surface area (Å²) in [4.78, 5) is 34.7. The van der Waals surface area contributed by atoms with Gasteiger partial charge in [-0.2, -0.15) is 0 Å². The number of aryl methyl sites for hydroxylation is 1. The highest BCUT2D eigenvalue weighted by Gasteiger charge is 2.17. The summed E-state index contributed by atoms with van der Waals surface area (Å²) in [5.41, 5.74) is 0.519. The number of alkyl carbamates (subject to hydrolysis) is 1. The first-order valence-corrected chi connectivity index (χ1v) is 9.85. The van der Waals surface area contributed by atoms with E-state index >= 15 is 0 Å². The molecule has 8 nitrogen and oxygen atoms in total. The van der Waals surface area contributed by atoms with Gasteiger partial charge in [0.05, 0.1) is 0 Å². The topological polar surface area (TPSA) is 125 Å². The molecule has 0 bridgehead atoms. The number of carboxylic acids is 1. The van der Waals surface area contributed by atoms with E-state index < -0.39 is 17.7 Å². The Morgan fingerprint density at radius 2 is 1.76 bits per heavy atom. The van der Waals surface area contributed by atoms with Gasteiger partial charge in [-0.05, 0) is 51.7 Å². The Kier molecular flexibility index (Phi) is 9.44. The van der Waals surface area contributed by atoms with E-state index in [0.717, 1.165) is 18.4 Å². The Hall–Kier alpha value is -2.77. The van der Waals surface area contributed by atoms with E-state index in [0.29, 0.717) is 31.4 Å². The summed E-state index contributed by atoms with van der Waals surface area (Å²) in [6, 6.07) is 3.02. The van der Waals surface area contributed by atoms with Crippen LogP contribution in [0, 0.1) is 0 Å². The Bertz CT molecular complexity index is 725. The third-order valence-corrected chi connectivity index (χ3v) is 4.20. The molecule has 1 aromatic carbocycles. The van der Waals surface area contributed by atoms with Crippen molar-refractivity contribution in [1.29, 1.82) is 0 Å². The van der Waals surface area contributed by atoms with Gasteiger partial charge in [-0.3, -0.25) is 4.79 Å². The second kappa shape index (κ2) is 11.3. The van der Waals surface area contributed by atoms with Crippen LogP contribution in [0.2, 0.25) is 0 Å². The van der Waals surface area contributed by atoms with Crippen LogP contribution in [-0.2, 0) is 22.5 Å². The van der Waals surface area contributed by atoms with Crippen LogP contribution in [0.1, 0.15) is 74.9 Å². The molecule has 1 aromatic rings. The molecule has 0 unspecified atom stereocenters. The highest BCUT2D eigenvalue weighted by atomic mass is 16.6. The molecule has 0 fully saturated rings. The number of benzene rings is 1. The van der Waals surface area contributed by atoms with E-state index in [1.807, 2.05) is 6.92 Å². The number of aromatic hydroxyl groups is 1.